The van der Waals surface area contributed by atoms with Crippen molar-refractivity contribution in [3.63, 3.8) is 0 Å². The van der Waals surface area contributed by atoms with Crippen LogP contribution in [0, 0.1) is 23.5 Å². The van der Waals surface area contributed by atoms with Gasteiger partial charge in [0.1, 0.15) is 5.82 Å². The van der Waals surface area contributed by atoms with E-state index in [0.717, 1.165) is 24.6 Å². The predicted molar refractivity (Wildman–Crippen MR) is 62.8 cm³/mol. The van der Waals surface area contributed by atoms with E-state index in [2.05, 4.69) is 22.7 Å². The number of halogens is 2. The number of nitrogens with one attached hydrogen (secondary N) is 1. The van der Waals surface area contributed by atoms with Crippen molar-refractivity contribution in [1.29, 1.82) is 0 Å². The summed E-state index contributed by atoms with van der Waals surface area (Å²) in [5, 5.41) is 4.20. The third-order valence-corrected chi connectivity index (χ3v) is 3.41. The van der Waals surface area contributed by atoms with E-state index in [4.69, 9.17) is 0 Å². The van der Waals surface area contributed by atoms with Crippen LogP contribution in [0.3, 0.4) is 0 Å². The van der Waals surface area contributed by atoms with Gasteiger partial charge in [-0.2, -0.15) is 5.10 Å². The molecule has 2 aliphatic rings. The highest BCUT2D eigenvalue weighted by molar-refractivity contribution is 5.94. The van der Waals surface area contributed by atoms with Gasteiger partial charge in [-0.25, -0.2) is 8.78 Å². The molecule has 4 heteroatoms. The van der Waals surface area contributed by atoms with Gasteiger partial charge in [0.05, 0.1) is 5.69 Å². The van der Waals surface area contributed by atoms with Crippen molar-refractivity contribution in [1.82, 2.24) is 0 Å². The van der Waals surface area contributed by atoms with Crippen molar-refractivity contribution in [2.45, 2.75) is 12.8 Å². The van der Waals surface area contributed by atoms with E-state index in [1.54, 1.807) is 0 Å². The Morgan fingerprint density at radius 2 is 2.18 bits per heavy atom. The molecule has 1 aromatic carbocycles. The van der Waals surface area contributed by atoms with Gasteiger partial charge < -0.3 is 0 Å². The molecule has 0 aliphatic heterocycles. The van der Waals surface area contributed by atoms with Crippen LogP contribution in [-0.2, 0) is 0 Å². The Morgan fingerprint density at radius 3 is 2.94 bits per heavy atom. The Bertz CT molecular complexity index is 508. The first-order valence-corrected chi connectivity index (χ1v) is 5.68. The molecule has 0 heterocycles. The topological polar surface area (TPSA) is 24.4 Å². The van der Waals surface area contributed by atoms with Crippen LogP contribution in [0.15, 0.2) is 35.5 Å². The lowest BCUT2D eigenvalue weighted by atomic mass is 9.74. The van der Waals surface area contributed by atoms with Crippen molar-refractivity contribution < 1.29 is 8.78 Å². The second-order valence-electron chi connectivity index (χ2n) is 4.48. The average molecular weight is 234 g/mol. The maximum Gasteiger partial charge on any atom is 0.151 e. The minimum absolute atomic E-state index is 0.216. The molecule has 0 amide bonds. The monoisotopic (exact) mass is 234 g/mol. The van der Waals surface area contributed by atoms with Crippen molar-refractivity contribution >= 4 is 11.4 Å². The summed E-state index contributed by atoms with van der Waals surface area (Å²) in [5.74, 6) is -0.0844. The van der Waals surface area contributed by atoms with E-state index in [1.165, 1.54) is 12.1 Å². The molecule has 1 fully saturated rings. The third-order valence-electron chi connectivity index (χ3n) is 3.41. The molecule has 0 unspecified atom stereocenters. The standard InChI is InChI=1S/C13H12F2N2/c14-9-4-5-12(11(15)7-9)16-17-13-6-8-2-1-3-10(8)13/h1-2,4-5,7-8,10,16H,3,6H2/b17-13-/t8-,10+/m1/s1. The first-order chi connectivity index (χ1) is 8.24. The zero-order valence-electron chi connectivity index (χ0n) is 9.16. The number of hydrogen-bond acceptors (Lipinski definition) is 2. The Balaban J connectivity index is 1.70. The van der Waals surface area contributed by atoms with Gasteiger partial charge >= 0.3 is 0 Å². The summed E-state index contributed by atoms with van der Waals surface area (Å²) in [4.78, 5) is 0. The molecular weight excluding hydrogens is 222 g/mol. The number of rotatable bonds is 2. The lowest BCUT2D eigenvalue weighted by Crippen LogP contribution is -2.33. The lowest BCUT2D eigenvalue weighted by molar-refractivity contribution is 0.466. The van der Waals surface area contributed by atoms with Crippen LogP contribution in [0.25, 0.3) is 0 Å². The number of hydrazone groups is 1. The van der Waals surface area contributed by atoms with Crippen molar-refractivity contribution in [3.8, 4) is 0 Å². The molecule has 3 rings (SSSR count). The van der Waals surface area contributed by atoms with E-state index in [1.807, 2.05) is 0 Å². The van der Waals surface area contributed by atoms with Crippen LogP contribution in [0.2, 0.25) is 0 Å². The summed E-state index contributed by atoms with van der Waals surface area (Å²) in [6.07, 6.45) is 6.34. The number of nitrogens with zero attached hydrogens (tertiary/aromatic N) is 1. The van der Waals surface area contributed by atoms with E-state index >= 15 is 0 Å². The Hall–Kier alpha value is -1.71. The molecule has 2 nitrogen and oxygen atoms in total. The SMILES string of the molecule is Fc1ccc(N/N=C2/C[C@H]3C=CC[C@H]23)c(F)c1. The van der Waals surface area contributed by atoms with E-state index in [9.17, 15) is 8.78 Å². The van der Waals surface area contributed by atoms with Crippen LogP contribution in [-0.4, -0.2) is 5.71 Å². The summed E-state index contributed by atoms with van der Waals surface area (Å²) in [6, 6.07) is 3.42. The fraction of sp³-hybridized carbons (Fsp3) is 0.308. The molecule has 0 spiro atoms. The van der Waals surface area contributed by atoms with Crippen LogP contribution in [0.5, 0.6) is 0 Å². The summed E-state index contributed by atoms with van der Waals surface area (Å²) in [6.45, 7) is 0. The smallest absolute Gasteiger partial charge is 0.151 e. The molecule has 1 aromatic rings. The van der Waals surface area contributed by atoms with Gasteiger partial charge in [-0.3, -0.25) is 5.43 Å². The Morgan fingerprint density at radius 1 is 1.29 bits per heavy atom. The van der Waals surface area contributed by atoms with Gasteiger partial charge in [-0.1, -0.05) is 12.2 Å². The zero-order valence-corrected chi connectivity index (χ0v) is 9.16. The first-order valence-electron chi connectivity index (χ1n) is 5.68. The van der Waals surface area contributed by atoms with Gasteiger partial charge in [0, 0.05) is 17.7 Å². The fourth-order valence-electron chi connectivity index (χ4n) is 2.38. The van der Waals surface area contributed by atoms with Crippen molar-refractivity contribution in [3.05, 3.63) is 42.0 Å². The molecule has 0 aromatic heterocycles. The molecule has 17 heavy (non-hydrogen) atoms. The second kappa shape index (κ2) is 3.95. The minimum atomic E-state index is -0.616. The average Bonchev–Trinajstić information content (AvgIpc) is 2.63. The molecule has 2 aliphatic carbocycles. The lowest BCUT2D eigenvalue weighted by Gasteiger charge is -2.31. The number of benzene rings is 1. The normalized spacial score (nSPS) is 28.0. The summed E-state index contributed by atoms with van der Waals surface area (Å²) in [7, 11) is 0. The van der Waals surface area contributed by atoms with Crippen LogP contribution in [0.4, 0.5) is 14.5 Å². The highest BCUT2D eigenvalue weighted by Crippen LogP contribution is 2.40. The van der Waals surface area contributed by atoms with Crippen molar-refractivity contribution in [2.75, 3.05) is 5.43 Å². The fourth-order valence-corrected chi connectivity index (χ4v) is 2.38. The van der Waals surface area contributed by atoms with Gasteiger partial charge in [0.15, 0.2) is 5.82 Å². The van der Waals surface area contributed by atoms with E-state index in [0.29, 0.717) is 11.8 Å². The molecular formula is C13H12F2N2. The summed E-state index contributed by atoms with van der Waals surface area (Å²) < 4.78 is 26.0. The molecule has 88 valence electrons. The number of allylic oxidation sites excluding steroid dienone is 2. The van der Waals surface area contributed by atoms with Crippen molar-refractivity contribution in [2.24, 2.45) is 16.9 Å². The largest absolute Gasteiger partial charge is 0.276 e. The zero-order chi connectivity index (χ0) is 11.8. The van der Waals surface area contributed by atoms with E-state index < -0.39 is 11.6 Å². The first kappa shape index (κ1) is 10.4. The molecule has 1 N–H and O–H groups in total. The van der Waals surface area contributed by atoms with Crippen LogP contribution in [0.1, 0.15) is 12.8 Å². The summed E-state index contributed by atoms with van der Waals surface area (Å²) in [5.41, 5.74) is 3.96. The number of anilines is 1. The second-order valence-corrected chi connectivity index (χ2v) is 4.48. The Kier molecular flexibility index (Phi) is 2.42. The molecule has 0 radical (unpaired) electrons. The molecule has 1 saturated carbocycles. The van der Waals surface area contributed by atoms with Crippen LogP contribution < -0.4 is 5.43 Å². The number of fused-ring (bicyclic) bond motifs is 1. The maximum absolute atomic E-state index is 13.3. The quantitative estimate of drug-likeness (QED) is 0.616. The third kappa shape index (κ3) is 1.84. The van der Waals surface area contributed by atoms with Crippen LogP contribution >= 0.6 is 0 Å². The van der Waals surface area contributed by atoms with Gasteiger partial charge in [0.2, 0.25) is 0 Å². The Labute approximate surface area is 98.0 Å². The van der Waals surface area contributed by atoms with Gasteiger partial charge in [-0.05, 0) is 30.9 Å². The summed E-state index contributed by atoms with van der Waals surface area (Å²) >= 11 is 0. The highest BCUT2D eigenvalue weighted by atomic mass is 19.1. The highest BCUT2D eigenvalue weighted by Gasteiger charge is 2.37. The maximum atomic E-state index is 13.3. The minimum Gasteiger partial charge on any atom is -0.276 e. The van der Waals surface area contributed by atoms with E-state index in [-0.39, 0.29) is 5.69 Å². The predicted octanol–water partition coefficient (Wildman–Crippen LogP) is 3.33. The molecule has 0 saturated heterocycles. The van der Waals surface area contributed by atoms with Gasteiger partial charge in [0.25, 0.3) is 0 Å². The molecule has 0 bridgehead atoms. The molecule has 2 atom stereocenters. The number of hydrogen-bond donors (Lipinski definition) is 1. The van der Waals surface area contributed by atoms with Gasteiger partial charge in [-0.15, -0.1) is 0 Å².